The van der Waals surface area contributed by atoms with Gasteiger partial charge < -0.3 is 10.0 Å². The highest BCUT2D eigenvalue weighted by atomic mass is 32.1. The smallest absolute Gasteiger partial charge is 0.430 e. The van der Waals surface area contributed by atoms with Crippen molar-refractivity contribution in [2.45, 2.75) is 6.92 Å². The third kappa shape index (κ3) is 4.72. The predicted octanol–water partition coefficient (Wildman–Crippen LogP) is 0.188. The van der Waals surface area contributed by atoms with E-state index in [1.807, 2.05) is 17.5 Å². The number of thiophene rings is 1. The molecule has 3 nitrogen and oxygen atoms in total. The molecule has 5 heteroatoms. The molecule has 0 atom stereocenters. The quantitative estimate of drug-likeness (QED) is 0.469. The number of carbonyl (C=O) groups is 1. The molecule has 1 rings (SSSR count). The average molecular weight is 172 g/mol. The molecule has 0 aliphatic rings. The summed E-state index contributed by atoms with van der Waals surface area (Å²) in [5.41, 5.74) is 0. The minimum absolute atomic E-state index is 0.153. The summed E-state index contributed by atoms with van der Waals surface area (Å²) in [5.74, 6) is 0.153. The van der Waals surface area contributed by atoms with E-state index in [4.69, 9.17) is 10.0 Å². The Hall–Kier alpha value is -0.645. The van der Waals surface area contributed by atoms with E-state index in [-0.39, 0.29) is 5.78 Å². The van der Waals surface area contributed by atoms with Crippen LogP contribution < -0.4 is 0 Å². The number of carbonyl (C=O) groups excluding carboxylic acids is 1. The van der Waals surface area contributed by atoms with Gasteiger partial charge in [-0.3, -0.25) is 4.79 Å². The van der Waals surface area contributed by atoms with Crippen molar-refractivity contribution in [3.8, 4) is 0 Å². The van der Waals surface area contributed by atoms with E-state index < -0.39 is 7.69 Å². The van der Waals surface area contributed by atoms with E-state index in [1.165, 1.54) is 11.3 Å². The SMILES string of the molecule is CC(=O)c1cccs1.OBO. The molecular formula is C6H9BO3S. The molecular weight excluding hydrogens is 163 g/mol. The molecule has 0 aliphatic carbocycles. The Morgan fingerprint density at radius 1 is 1.64 bits per heavy atom. The molecule has 0 radical (unpaired) electrons. The van der Waals surface area contributed by atoms with Gasteiger partial charge >= 0.3 is 7.69 Å². The van der Waals surface area contributed by atoms with E-state index in [0.29, 0.717) is 0 Å². The van der Waals surface area contributed by atoms with Crippen LogP contribution in [0.5, 0.6) is 0 Å². The lowest BCUT2D eigenvalue weighted by Gasteiger charge is -1.79. The van der Waals surface area contributed by atoms with Crippen LogP contribution in [-0.2, 0) is 0 Å². The van der Waals surface area contributed by atoms with Crippen molar-refractivity contribution < 1.29 is 14.8 Å². The highest BCUT2D eigenvalue weighted by molar-refractivity contribution is 7.12. The molecule has 0 saturated heterocycles. The van der Waals surface area contributed by atoms with Gasteiger partial charge in [0, 0.05) is 0 Å². The van der Waals surface area contributed by atoms with Crippen molar-refractivity contribution in [3.05, 3.63) is 22.4 Å². The maximum atomic E-state index is 10.5. The molecule has 0 fully saturated rings. The number of ketones is 1. The van der Waals surface area contributed by atoms with E-state index in [9.17, 15) is 4.79 Å². The van der Waals surface area contributed by atoms with Gasteiger partial charge in [0.05, 0.1) is 4.88 Å². The van der Waals surface area contributed by atoms with Crippen LogP contribution in [0.15, 0.2) is 17.5 Å². The summed E-state index contributed by atoms with van der Waals surface area (Å²) in [6, 6.07) is 3.70. The van der Waals surface area contributed by atoms with Gasteiger partial charge in [0.25, 0.3) is 0 Å². The first-order valence-electron chi connectivity index (χ1n) is 2.98. The molecule has 11 heavy (non-hydrogen) atoms. The largest absolute Gasteiger partial charge is 0.432 e. The first-order chi connectivity index (χ1) is 5.22. The van der Waals surface area contributed by atoms with Crippen molar-refractivity contribution in [1.29, 1.82) is 0 Å². The molecule has 0 amide bonds. The molecule has 0 saturated carbocycles. The molecule has 0 aromatic carbocycles. The molecule has 2 N–H and O–H groups in total. The Morgan fingerprint density at radius 2 is 2.18 bits per heavy atom. The van der Waals surface area contributed by atoms with Crippen LogP contribution in [-0.4, -0.2) is 23.5 Å². The molecule has 0 spiro atoms. The monoisotopic (exact) mass is 172 g/mol. The zero-order valence-corrected chi connectivity index (χ0v) is 6.97. The van der Waals surface area contributed by atoms with Gasteiger partial charge in [0.2, 0.25) is 0 Å². The van der Waals surface area contributed by atoms with Gasteiger partial charge in [-0.15, -0.1) is 11.3 Å². The van der Waals surface area contributed by atoms with Gasteiger partial charge in [-0.05, 0) is 18.4 Å². The molecule has 1 aromatic heterocycles. The van der Waals surface area contributed by atoms with Gasteiger partial charge in [-0.1, -0.05) is 6.07 Å². The lowest BCUT2D eigenvalue weighted by Crippen LogP contribution is -1.83. The summed E-state index contributed by atoms with van der Waals surface area (Å²) in [4.78, 5) is 11.4. The van der Waals surface area contributed by atoms with E-state index in [2.05, 4.69) is 0 Å². The fourth-order valence-corrected chi connectivity index (χ4v) is 1.11. The number of rotatable bonds is 1. The Labute approximate surface area is 69.6 Å². The topological polar surface area (TPSA) is 57.5 Å². The van der Waals surface area contributed by atoms with Crippen LogP contribution in [0.25, 0.3) is 0 Å². The maximum absolute atomic E-state index is 10.5. The van der Waals surface area contributed by atoms with E-state index in [0.717, 1.165) is 4.88 Å². The lowest BCUT2D eigenvalue weighted by atomic mass is 10.4. The van der Waals surface area contributed by atoms with Crippen molar-refractivity contribution in [3.63, 3.8) is 0 Å². The third-order valence-electron chi connectivity index (χ3n) is 0.868. The minimum Gasteiger partial charge on any atom is -0.430 e. The summed E-state index contributed by atoms with van der Waals surface area (Å²) in [7, 11) is -0.750. The minimum atomic E-state index is -0.750. The molecule has 60 valence electrons. The Bertz CT molecular complexity index is 198. The summed E-state index contributed by atoms with van der Waals surface area (Å²) in [5, 5.41) is 16.1. The van der Waals surface area contributed by atoms with Gasteiger partial charge in [-0.2, -0.15) is 0 Å². The third-order valence-corrected chi connectivity index (χ3v) is 1.84. The Morgan fingerprint density at radius 3 is 2.36 bits per heavy atom. The van der Waals surface area contributed by atoms with Crippen LogP contribution in [0.2, 0.25) is 0 Å². The van der Waals surface area contributed by atoms with E-state index >= 15 is 0 Å². The van der Waals surface area contributed by atoms with Crippen LogP contribution in [0.3, 0.4) is 0 Å². The number of Topliss-reactive ketones (excluding diaryl/α,β-unsaturated/α-hetero) is 1. The molecule has 0 bridgehead atoms. The standard InChI is InChI=1S/C6H6OS.BH3O2/c1-5(7)6-3-2-4-8-6;2-1-3/h2-4H,1H3;1-3H. The van der Waals surface area contributed by atoms with Crippen molar-refractivity contribution in [1.82, 2.24) is 0 Å². The van der Waals surface area contributed by atoms with Gasteiger partial charge in [-0.25, -0.2) is 0 Å². The predicted molar refractivity (Wildman–Crippen MR) is 45.9 cm³/mol. The summed E-state index contributed by atoms with van der Waals surface area (Å²) in [6.07, 6.45) is 0. The summed E-state index contributed by atoms with van der Waals surface area (Å²) < 4.78 is 0. The molecule has 0 aliphatic heterocycles. The van der Waals surface area contributed by atoms with Crippen molar-refractivity contribution >= 4 is 24.8 Å². The molecule has 1 aromatic rings. The number of hydrogen-bond donors (Lipinski definition) is 2. The summed E-state index contributed by atoms with van der Waals surface area (Å²) in [6.45, 7) is 1.58. The fourth-order valence-electron chi connectivity index (χ4n) is 0.479. The fraction of sp³-hybridized carbons (Fsp3) is 0.167. The van der Waals surface area contributed by atoms with Crippen LogP contribution in [0.4, 0.5) is 0 Å². The highest BCUT2D eigenvalue weighted by Crippen LogP contribution is 2.07. The van der Waals surface area contributed by atoms with Crippen LogP contribution >= 0.6 is 11.3 Å². The van der Waals surface area contributed by atoms with E-state index in [1.54, 1.807) is 6.92 Å². The lowest BCUT2D eigenvalue weighted by molar-refractivity contribution is 0.102. The first kappa shape index (κ1) is 10.4. The van der Waals surface area contributed by atoms with Crippen LogP contribution in [0, 0.1) is 0 Å². The van der Waals surface area contributed by atoms with Crippen LogP contribution in [0.1, 0.15) is 16.6 Å². The Kier molecular flexibility index (Phi) is 5.73. The first-order valence-corrected chi connectivity index (χ1v) is 3.86. The summed E-state index contributed by atoms with van der Waals surface area (Å²) >= 11 is 1.48. The van der Waals surface area contributed by atoms with Crippen molar-refractivity contribution in [2.75, 3.05) is 0 Å². The van der Waals surface area contributed by atoms with Gasteiger partial charge in [0.1, 0.15) is 0 Å². The second-order valence-electron chi connectivity index (χ2n) is 1.67. The number of hydrogen-bond acceptors (Lipinski definition) is 4. The second kappa shape index (κ2) is 6.09. The molecule has 1 heterocycles. The zero-order chi connectivity index (χ0) is 8.69. The average Bonchev–Trinajstić information content (AvgIpc) is 2.38. The highest BCUT2D eigenvalue weighted by Gasteiger charge is 1.95. The molecule has 0 unspecified atom stereocenters. The maximum Gasteiger partial charge on any atom is 0.432 e. The zero-order valence-electron chi connectivity index (χ0n) is 6.15. The Balaban J connectivity index is 0.000000292. The van der Waals surface area contributed by atoms with Gasteiger partial charge in [0.15, 0.2) is 5.78 Å². The second-order valence-corrected chi connectivity index (χ2v) is 2.62. The van der Waals surface area contributed by atoms with Crippen molar-refractivity contribution in [2.24, 2.45) is 0 Å². The normalized spacial score (nSPS) is 7.91.